The number of nitrogens with one attached hydrogen (secondary N) is 1. The molecule has 2 aromatic rings. The first kappa shape index (κ1) is 21.2. The number of ether oxygens (including phenoxy) is 3. The van der Waals surface area contributed by atoms with Crippen LogP contribution >= 0.6 is 35.6 Å². The van der Waals surface area contributed by atoms with Crippen molar-refractivity contribution in [2.24, 2.45) is 10.7 Å². The molecule has 3 N–H and O–H groups in total. The van der Waals surface area contributed by atoms with Crippen LogP contribution in [0.2, 0.25) is 5.02 Å². The molecule has 0 fully saturated rings. The maximum atomic E-state index is 5.89. The number of methoxy groups -OCH3 is 2. The molecule has 0 bridgehead atoms. The van der Waals surface area contributed by atoms with E-state index in [-0.39, 0.29) is 29.9 Å². The predicted molar refractivity (Wildman–Crippen MR) is 112 cm³/mol. The minimum atomic E-state index is 0. The van der Waals surface area contributed by atoms with Crippen LogP contribution in [0.25, 0.3) is 0 Å². The predicted octanol–water partition coefficient (Wildman–Crippen LogP) is 3.78. The van der Waals surface area contributed by atoms with Crippen LogP contribution in [-0.4, -0.2) is 33.3 Å². The van der Waals surface area contributed by atoms with Gasteiger partial charge in [-0.05, 0) is 30.3 Å². The lowest BCUT2D eigenvalue weighted by Crippen LogP contribution is -2.23. The summed E-state index contributed by atoms with van der Waals surface area (Å²) in [6, 6.07) is 12.6. The second-order valence-corrected chi connectivity index (χ2v) is 5.20. The van der Waals surface area contributed by atoms with Gasteiger partial charge in [-0.1, -0.05) is 17.7 Å². The van der Waals surface area contributed by atoms with Gasteiger partial charge in [0.1, 0.15) is 12.4 Å². The summed E-state index contributed by atoms with van der Waals surface area (Å²) >= 11 is 5.89. The Bertz CT molecular complexity index is 713. The topological polar surface area (TPSA) is 78.1 Å². The van der Waals surface area contributed by atoms with Crippen molar-refractivity contribution < 1.29 is 14.2 Å². The average Bonchev–Trinajstić information content (AvgIpc) is 2.58. The highest BCUT2D eigenvalue weighted by Gasteiger charge is 2.05. The summed E-state index contributed by atoms with van der Waals surface area (Å²) in [5.41, 5.74) is 6.62. The van der Waals surface area contributed by atoms with E-state index in [1.807, 2.05) is 18.2 Å². The van der Waals surface area contributed by atoms with Crippen molar-refractivity contribution in [3.63, 3.8) is 0 Å². The van der Waals surface area contributed by atoms with Crippen LogP contribution in [0.3, 0.4) is 0 Å². The van der Waals surface area contributed by atoms with Crippen LogP contribution in [-0.2, 0) is 0 Å². The van der Waals surface area contributed by atoms with Gasteiger partial charge in [-0.2, -0.15) is 0 Å². The van der Waals surface area contributed by atoms with Gasteiger partial charge in [0, 0.05) is 16.8 Å². The van der Waals surface area contributed by atoms with Gasteiger partial charge in [-0.3, -0.25) is 0 Å². The summed E-state index contributed by atoms with van der Waals surface area (Å²) in [7, 11) is 3.16. The third kappa shape index (κ3) is 6.87. The number of halogens is 2. The van der Waals surface area contributed by atoms with Crippen molar-refractivity contribution in [1.82, 2.24) is 0 Å². The van der Waals surface area contributed by atoms with Gasteiger partial charge in [0.15, 0.2) is 17.5 Å². The summed E-state index contributed by atoms with van der Waals surface area (Å²) in [4.78, 5) is 4.21. The molecule has 136 valence electrons. The van der Waals surface area contributed by atoms with Crippen molar-refractivity contribution in [1.29, 1.82) is 0 Å². The largest absolute Gasteiger partial charge is 0.493 e. The third-order valence-electron chi connectivity index (χ3n) is 3.09. The molecule has 0 saturated carbocycles. The summed E-state index contributed by atoms with van der Waals surface area (Å²) in [5.74, 6) is 2.24. The Morgan fingerprint density at radius 1 is 1.12 bits per heavy atom. The fourth-order valence-corrected chi connectivity index (χ4v) is 2.17. The first-order valence-corrected chi connectivity index (χ1v) is 7.67. The molecule has 8 heteroatoms. The van der Waals surface area contributed by atoms with E-state index in [1.165, 1.54) is 0 Å². The van der Waals surface area contributed by atoms with Crippen LogP contribution in [0.1, 0.15) is 0 Å². The monoisotopic (exact) mass is 477 g/mol. The number of rotatable bonds is 7. The van der Waals surface area contributed by atoms with Crippen LogP contribution in [0, 0.1) is 0 Å². The molecule has 0 atom stereocenters. The molecule has 0 aliphatic rings. The zero-order chi connectivity index (χ0) is 17.4. The SMILES string of the molecule is COc1ccc(NC(N)=NCCOc2cccc(Cl)c2)cc1OC.I. The molecule has 0 aliphatic carbocycles. The second kappa shape index (κ2) is 10.9. The number of hydrogen-bond donors (Lipinski definition) is 2. The molecule has 0 radical (unpaired) electrons. The van der Waals surface area contributed by atoms with E-state index in [0.717, 1.165) is 5.69 Å². The van der Waals surface area contributed by atoms with Crippen molar-refractivity contribution >= 4 is 47.2 Å². The molecule has 0 heterocycles. The zero-order valence-corrected chi connectivity index (χ0v) is 17.1. The molecular weight excluding hydrogens is 457 g/mol. The molecule has 0 aromatic heterocycles. The highest BCUT2D eigenvalue weighted by molar-refractivity contribution is 14.0. The average molecular weight is 478 g/mol. The lowest BCUT2D eigenvalue weighted by Gasteiger charge is -2.11. The first-order chi connectivity index (χ1) is 11.6. The molecule has 25 heavy (non-hydrogen) atoms. The standard InChI is InChI=1S/C17H20ClN3O3.HI/c1-22-15-7-6-13(11-16(15)23-2)21-17(19)20-8-9-24-14-5-3-4-12(18)10-14;/h3-7,10-11H,8-9H2,1-2H3,(H3,19,20,21);1H. The van der Waals surface area contributed by atoms with Gasteiger partial charge in [0.25, 0.3) is 0 Å². The Kier molecular flexibility index (Phi) is 9.22. The quantitative estimate of drug-likeness (QED) is 0.275. The molecule has 2 aromatic carbocycles. The Hall–Kier alpha value is -1.87. The van der Waals surface area contributed by atoms with E-state index >= 15 is 0 Å². The lowest BCUT2D eigenvalue weighted by molar-refractivity contribution is 0.329. The first-order valence-electron chi connectivity index (χ1n) is 7.29. The number of nitrogens with zero attached hydrogens (tertiary/aromatic N) is 1. The van der Waals surface area contributed by atoms with E-state index in [9.17, 15) is 0 Å². The Labute approximate surface area is 169 Å². The van der Waals surface area contributed by atoms with Gasteiger partial charge in [-0.15, -0.1) is 24.0 Å². The maximum Gasteiger partial charge on any atom is 0.193 e. The fraction of sp³-hybridized carbons (Fsp3) is 0.235. The Balaban J connectivity index is 0.00000312. The normalized spacial score (nSPS) is 10.6. The second-order valence-electron chi connectivity index (χ2n) is 4.77. The van der Waals surface area contributed by atoms with Crippen LogP contribution in [0.15, 0.2) is 47.5 Å². The Morgan fingerprint density at radius 3 is 2.56 bits per heavy atom. The highest BCUT2D eigenvalue weighted by atomic mass is 127. The number of guanidine groups is 1. The zero-order valence-electron chi connectivity index (χ0n) is 14.0. The summed E-state index contributed by atoms with van der Waals surface area (Å²) < 4.78 is 16.0. The van der Waals surface area contributed by atoms with E-state index < -0.39 is 0 Å². The number of hydrogen-bond acceptors (Lipinski definition) is 4. The molecule has 0 amide bonds. The van der Waals surface area contributed by atoms with Crippen LogP contribution in [0.4, 0.5) is 5.69 Å². The minimum Gasteiger partial charge on any atom is -0.493 e. The van der Waals surface area contributed by atoms with Crippen LogP contribution < -0.4 is 25.3 Å². The fourth-order valence-electron chi connectivity index (χ4n) is 1.99. The van der Waals surface area contributed by atoms with Crippen LogP contribution in [0.5, 0.6) is 17.2 Å². The lowest BCUT2D eigenvalue weighted by atomic mass is 10.3. The highest BCUT2D eigenvalue weighted by Crippen LogP contribution is 2.29. The van der Waals surface area contributed by atoms with Gasteiger partial charge in [0.05, 0.1) is 20.8 Å². The van der Waals surface area contributed by atoms with Gasteiger partial charge in [-0.25, -0.2) is 4.99 Å². The molecule has 0 spiro atoms. The van der Waals surface area contributed by atoms with Gasteiger partial charge < -0.3 is 25.3 Å². The number of nitrogens with two attached hydrogens (primary N) is 1. The minimum absolute atomic E-state index is 0. The van der Waals surface area contributed by atoms with Gasteiger partial charge in [0.2, 0.25) is 0 Å². The van der Waals surface area contributed by atoms with Crippen molar-refractivity contribution in [2.75, 3.05) is 32.7 Å². The van der Waals surface area contributed by atoms with Crippen molar-refractivity contribution in [3.8, 4) is 17.2 Å². The van der Waals surface area contributed by atoms with E-state index in [4.69, 9.17) is 31.5 Å². The van der Waals surface area contributed by atoms with Gasteiger partial charge >= 0.3 is 0 Å². The number of aliphatic imine (C=N–C) groups is 1. The summed E-state index contributed by atoms with van der Waals surface area (Å²) in [6.45, 7) is 0.813. The molecule has 0 unspecified atom stereocenters. The maximum absolute atomic E-state index is 5.89. The Morgan fingerprint density at radius 2 is 1.88 bits per heavy atom. The van der Waals surface area contributed by atoms with Crippen molar-refractivity contribution in [3.05, 3.63) is 47.5 Å². The third-order valence-corrected chi connectivity index (χ3v) is 3.33. The summed E-state index contributed by atoms with van der Waals surface area (Å²) in [5, 5.41) is 3.62. The van der Waals surface area contributed by atoms with E-state index in [0.29, 0.717) is 35.4 Å². The molecular formula is C17H21ClIN3O3. The van der Waals surface area contributed by atoms with Crippen molar-refractivity contribution in [2.45, 2.75) is 0 Å². The smallest absolute Gasteiger partial charge is 0.193 e. The summed E-state index contributed by atoms with van der Waals surface area (Å²) in [6.07, 6.45) is 0. The number of anilines is 1. The van der Waals surface area contributed by atoms with E-state index in [1.54, 1.807) is 38.5 Å². The van der Waals surface area contributed by atoms with E-state index in [2.05, 4.69) is 10.3 Å². The molecule has 0 aliphatic heterocycles. The molecule has 2 rings (SSSR count). The molecule has 0 saturated heterocycles. The molecule has 6 nitrogen and oxygen atoms in total. The number of benzene rings is 2.